The molecule has 21 heavy (non-hydrogen) atoms. The van der Waals surface area contributed by atoms with E-state index in [1.165, 1.54) is 0 Å². The lowest BCUT2D eigenvalue weighted by atomic mass is 10.1. The molecule has 6 heteroatoms. The van der Waals surface area contributed by atoms with Crippen LogP contribution in [0.15, 0.2) is 24.3 Å². The van der Waals surface area contributed by atoms with Crippen molar-refractivity contribution in [2.75, 3.05) is 12.0 Å². The number of hydrazine groups is 1. The molecule has 0 saturated heterocycles. The number of aliphatic hydroxyl groups excluding tert-OH is 1. The van der Waals surface area contributed by atoms with E-state index in [4.69, 9.17) is 15.7 Å². The Labute approximate surface area is 124 Å². The third-order valence-corrected chi connectivity index (χ3v) is 3.14. The largest absolute Gasteiger partial charge is 0.439 e. The average Bonchev–Trinajstić information content (AvgIpc) is 2.51. The number of aromatic nitrogens is 2. The molecule has 0 aliphatic carbocycles. The molecule has 0 spiro atoms. The molecule has 0 aliphatic rings. The fourth-order valence-corrected chi connectivity index (χ4v) is 1.90. The van der Waals surface area contributed by atoms with Gasteiger partial charge in [-0.05, 0) is 31.0 Å². The van der Waals surface area contributed by atoms with Gasteiger partial charge in [0, 0.05) is 13.0 Å². The van der Waals surface area contributed by atoms with Crippen molar-refractivity contribution in [3.05, 3.63) is 41.2 Å². The summed E-state index contributed by atoms with van der Waals surface area (Å²) < 4.78 is 5.82. The van der Waals surface area contributed by atoms with Crippen LogP contribution in [-0.4, -0.2) is 21.7 Å². The van der Waals surface area contributed by atoms with Gasteiger partial charge in [0.2, 0.25) is 5.88 Å². The van der Waals surface area contributed by atoms with Crippen LogP contribution >= 0.6 is 0 Å². The smallest absolute Gasteiger partial charge is 0.227 e. The number of benzene rings is 1. The Balaban J connectivity index is 2.25. The summed E-state index contributed by atoms with van der Waals surface area (Å²) in [6, 6.07) is 7.55. The van der Waals surface area contributed by atoms with Crippen molar-refractivity contribution in [2.24, 2.45) is 5.84 Å². The second-order valence-corrected chi connectivity index (χ2v) is 4.64. The molecule has 112 valence electrons. The van der Waals surface area contributed by atoms with Crippen molar-refractivity contribution in [1.82, 2.24) is 9.97 Å². The zero-order valence-electron chi connectivity index (χ0n) is 12.3. The number of hydrogen-bond donors (Lipinski definition) is 3. The summed E-state index contributed by atoms with van der Waals surface area (Å²) in [6.45, 7) is 3.96. The predicted molar refractivity (Wildman–Crippen MR) is 81.3 cm³/mol. The number of hydrogen-bond acceptors (Lipinski definition) is 6. The lowest BCUT2D eigenvalue weighted by molar-refractivity contribution is 0.299. The van der Waals surface area contributed by atoms with Crippen LogP contribution in [0.2, 0.25) is 0 Å². The van der Waals surface area contributed by atoms with E-state index in [1.54, 1.807) is 0 Å². The van der Waals surface area contributed by atoms with Gasteiger partial charge in [-0.2, -0.15) is 4.98 Å². The Morgan fingerprint density at radius 3 is 2.52 bits per heavy atom. The van der Waals surface area contributed by atoms with Crippen LogP contribution in [0, 0.1) is 6.92 Å². The number of ether oxygens (including phenoxy) is 1. The third-order valence-electron chi connectivity index (χ3n) is 3.14. The second kappa shape index (κ2) is 7.01. The third kappa shape index (κ3) is 3.68. The summed E-state index contributed by atoms with van der Waals surface area (Å²) in [4.78, 5) is 8.68. The summed E-state index contributed by atoms with van der Waals surface area (Å²) >= 11 is 0. The van der Waals surface area contributed by atoms with E-state index in [0.717, 1.165) is 11.1 Å². The minimum Gasteiger partial charge on any atom is -0.439 e. The molecule has 1 aromatic carbocycles. The minimum atomic E-state index is 0.136. The molecule has 0 bridgehead atoms. The molecule has 1 heterocycles. The van der Waals surface area contributed by atoms with E-state index in [1.807, 2.05) is 38.1 Å². The fourth-order valence-electron chi connectivity index (χ4n) is 1.90. The number of aryl methyl sites for hydroxylation is 1. The molecule has 0 amide bonds. The van der Waals surface area contributed by atoms with Crippen molar-refractivity contribution >= 4 is 5.82 Å². The van der Waals surface area contributed by atoms with Gasteiger partial charge in [0.1, 0.15) is 17.4 Å². The molecule has 4 N–H and O–H groups in total. The van der Waals surface area contributed by atoms with Crippen LogP contribution in [0.4, 0.5) is 5.82 Å². The van der Waals surface area contributed by atoms with Crippen LogP contribution in [-0.2, 0) is 12.8 Å². The highest BCUT2D eigenvalue weighted by molar-refractivity contribution is 5.48. The van der Waals surface area contributed by atoms with Crippen molar-refractivity contribution in [3.63, 3.8) is 0 Å². The fraction of sp³-hybridized carbons (Fsp3) is 0.333. The Kier molecular flexibility index (Phi) is 5.08. The van der Waals surface area contributed by atoms with Crippen molar-refractivity contribution in [2.45, 2.75) is 26.7 Å². The maximum absolute atomic E-state index is 8.91. The molecule has 0 saturated carbocycles. The number of nitrogens with one attached hydrogen (secondary N) is 1. The predicted octanol–water partition coefficient (Wildman–Crippen LogP) is 1.96. The lowest BCUT2D eigenvalue weighted by Crippen LogP contribution is -2.13. The monoisotopic (exact) mass is 288 g/mol. The van der Waals surface area contributed by atoms with Crippen LogP contribution in [0.3, 0.4) is 0 Å². The molecule has 0 unspecified atom stereocenters. The number of rotatable bonds is 6. The molecule has 6 nitrogen and oxygen atoms in total. The van der Waals surface area contributed by atoms with Crippen LogP contribution in [0.5, 0.6) is 11.6 Å². The molecule has 0 fully saturated rings. The molecule has 0 aliphatic heterocycles. The standard InChI is InChI=1S/C15H20N4O2/c1-3-13-17-14(19-16)10(2)15(18-13)21-12-6-4-11(5-7-12)8-9-20/h4-7,20H,3,8-9,16H2,1-2H3,(H,17,18,19). The van der Waals surface area contributed by atoms with Crippen molar-refractivity contribution in [1.29, 1.82) is 0 Å². The van der Waals surface area contributed by atoms with Crippen LogP contribution in [0.1, 0.15) is 23.9 Å². The highest BCUT2D eigenvalue weighted by Gasteiger charge is 2.11. The van der Waals surface area contributed by atoms with Crippen molar-refractivity contribution < 1.29 is 9.84 Å². The van der Waals surface area contributed by atoms with Crippen molar-refractivity contribution in [3.8, 4) is 11.6 Å². The molecular weight excluding hydrogens is 268 g/mol. The first-order valence-electron chi connectivity index (χ1n) is 6.89. The summed E-state index contributed by atoms with van der Waals surface area (Å²) in [5.41, 5.74) is 4.38. The molecular formula is C15H20N4O2. The normalized spacial score (nSPS) is 10.5. The van der Waals surface area contributed by atoms with E-state index in [2.05, 4.69) is 15.4 Å². The van der Waals surface area contributed by atoms with Gasteiger partial charge in [-0.15, -0.1) is 0 Å². The van der Waals surface area contributed by atoms with Gasteiger partial charge in [-0.25, -0.2) is 10.8 Å². The van der Waals surface area contributed by atoms with Gasteiger partial charge in [0.05, 0.1) is 5.56 Å². The topological polar surface area (TPSA) is 93.3 Å². The van der Waals surface area contributed by atoms with Gasteiger partial charge in [-0.3, -0.25) is 0 Å². The average molecular weight is 288 g/mol. The highest BCUT2D eigenvalue weighted by atomic mass is 16.5. The van der Waals surface area contributed by atoms with Crippen LogP contribution < -0.4 is 16.0 Å². The number of aliphatic hydroxyl groups is 1. The zero-order chi connectivity index (χ0) is 15.2. The number of nitrogens with zero attached hydrogens (tertiary/aromatic N) is 2. The molecule has 2 aromatic rings. The SMILES string of the molecule is CCc1nc(NN)c(C)c(Oc2ccc(CCO)cc2)n1. The maximum Gasteiger partial charge on any atom is 0.227 e. The molecule has 2 rings (SSSR count). The second-order valence-electron chi connectivity index (χ2n) is 4.64. The first-order chi connectivity index (χ1) is 10.2. The number of nitrogens with two attached hydrogens (primary N) is 1. The van der Waals surface area contributed by atoms with E-state index in [0.29, 0.717) is 36.1 Å². The Hall–Kier alpha value is -2.18. The summed E-state index contributed by atoms with van der Waals surface area (Å²) in [6.07, 6.45) is 1.33. The zero-order valence-corrected chi connectivity index (χ0v) is 12.3. The van der Waals surface area contributed by atoms with E-state index >= 15 is 0 Å². The van der Waals surface area contributed by atoms with E-state index in [9.17, 15) is 0 Å². The first-order valence-corrected chi connectivity index (χ1v) is 6.89. The molecule has 1 aromatic heterocycles. The first kappa shape index (κ1) is 15.2. The van der Waals surface area contributed by atoms with Gasteiger partial charge in [-0.1, -0.05) is 19.1 Å². The number of nitrogen functional groups attached to an aromatic ring is 1. The van der Waals surface area contributed by atoms with Gasteiger partial charge >= 0.3 is 0 Å². The van der Waals surface area contributed by atoms with Crippen LogP contribution in [0.25, 0.3) is 0 Å². The van der Waals surface area contributed by atoms with E-state index < -0.39 is 0 Å². The maximum atomic E-state index is 8.91. The summed E-state index contributed by atoms with van der Waals surface area (Å²) in [7, 11) is 0. The number of anilines is 1. The Morgan fingerprint density at radius 1 is 1.24 bits per heavy atom. The summed E-state index contributed by atoms with van der Waals surface area (Å²) in [5.74, 6) is 7.88. The van der Waals surface area contributed by atoms with Gasteiger partial charge < -0.3 is 15.3 Å². The quantitative estimate of drug-likeness (QED) is 0.556. The Morgan fingerprint density at radius 2 is 1.95 bits per heavy atom. The highest BCUT2D eigenvalue weighted by Crippen LogP contribution is 2.27. The van der Waals surface area contributed by atoms with Gasteiger partial charge in [0.15, 0.2) is 0 Å². The molecule has 0 atom stereocenters. The Bertz CT molecular complexity index is 599. The lowest BCUT2D eigenvalue weighted by Gasteiger charge is -2.12. The molecule has 0 radical (unpaired) electrons. The summed E-state index contributed by atoms with van der Waals surface area (Å²) in [5, 5.41) is 8.91. The van der Waals surface area contributed by atoms with Gasteiger partial charge in [0.25, 0.3) is 0 Å². The van der Waals surface area contributed by atoms with E-state index in [-0.39, 0.29) is 6.61 Å². The minimum absolute atomic E-state index is 0.136.